The minimum Gasteiger partial charge on any atom is -0.356 e. The lowest BCUT2D eigenvalue weighted by molar-refractivity contribution is 0.260. The van der Waals surface area contributed by atoms with Crippen molar-refractivity contribution in [3.63, 3.8) is 0 Å². The molecule has 2 N–H and O–H groups in total. The second-order valence-electron chi connectivity index (χ2n) is 6.67. The summed E-state index contributed by atoms with van der Waals surface area (Å²) in [6.45, 7) is 0. The summed E-state index contributed by atoms with van der Waals surface area (Å²) in [5.74, 6) is 0.530. The molecule has 0 radical (unpaired) electrons. The molecular weight excluding hydrogens is 312 g/mol. The van der Waals surface area contributed by atoms with Crippen molar-refractivity contribution in [2.24, 2.45) is 5.92 Å². The zero-order valence-corrected chi connectivity index (χ0v) is 14.4. The summed E-state index contributed by atoms with van der Waals surface area (Å²) in [5.41, 5.74) is 4.08. The van der Waals surface area contributed by atoms with Gasteiger partial charge in [0.1, 0.15) is 0 Å². The Morgan fingerprint density at radius 1 is 0.875 bits per heavy atom. The molecule has 2 aromatic rings. The number of hydrogen-bond donors (Lipinski definition) is 2. The molecule has 1 heterocycles. The van der Waals surface area contributed by atoms with Gasteiger partial charge in [-0.05, 0) is 48.2 Å². The molecule has 3 heteroatoms. The monoisotopic (exact) mass is 334 g/mol. The predicted molar refractivity (Wildman–Crippen MR) is 104 cm³/mol. The van der Waals surface area contributed by atoms with Gasteiger partial charge in [0.2, 0.25) is 0 Å². The lowest BCUT2D eigenvalue weighted by Crippen LogP contribution is -2.57. The van der Waals surface area contributed by atoms with E-state index in [1.165, 1.54) is 29.5 Å². The Balaban J connectivity index is 1.67. The highest BCUT2D eigenvalue weighted by atomic mass is 32.1. The van der Waals surface area contributed by atoms with Crippen molar-refractivity contribution < 1.29 is 0 Å². The minimum atomic E-state index is 0.296. The fourth-order valence-electron chi connectivity index (χ4n) is 4.05. The van der Waals surface area contributed by atoms with Gasteiger partial charge >= 0.3 is 0 Å². The largest absolute Gasteiger partial charge is 0.356 e. The second-order valence-corrected chi connectivity index (χ2v) is 7.08. The number of fused-ring (bicyclic) bond motifs is 1. The van der Waals surface area contributed by atoms with Gasteiger partial charge in [-0.2, -0.15) is 0 Å². The van der Waals surface area contributed by atoms with E-state index in [9.17, 15) is 0 Å². The van der Waals surface area contributed by atoms with Crippen LogP contribution in [0.25, 0.3) is 6.08 Å². The van der Waals surface area contributed by atoms with Crippen molar-refractivity contribution in [2.45, 2.75) is 31.3 Å². The van der Waals surface area contributed by atoms with Gasteiger partial charge in [-0.25, -0.2) is 0 Å². The van der Waals surface area contributed by atoms with Gasteiger partial charge in [0, 0.05) is 5.92 Å². The zero-order valence-electron chi connectivity index (χ0n) is 13.6. The van der Waals surface area contributed by atoms with E-state index in [2.05, 4.69) is 77.4 Å². The van der Waals surface area contributed by atoms with Gasteiger partial charge in [-0.15, -0.1) is 0 Å². The van der Waals surface area contributed by atoms with E-state index in [4.69, 9.17) is 12.2 Å². The van der Waals surface area contributed by atoms with Crippen molar-refractivity contribution in [3.05, 3.63) is 77.4 Å². The number of hydrogen-bond acceptors (Lipinski definition) is 1. The summed E-state index contributed by atoms with van der Waals surface area (Å²) < 4.78 is 0. The molecule has 4 rings (SSSR count). The van der Waals surface area contributed by atoms with Crippen molar-refractivity contribution in [1.29, 1.82) is 0 Å². The fourth-order valence-corrected chi connectivity index (χ4v) is 4.30. The van der Waals surface area contributed by atoms with Crippen LogP contribution in [0, 0.1) is 5.92 Å². The third kappa shape index (κ3) is 3.09. The lowest BCUT2D eigenvalue weighted by Gasteiger charge is -2.45. The topological polar surface area (TPSA) is 24.1 Å². The van der Waals surface area contributed by atoms with Crippen LogP contribution < -0.4 is 10.6 Å². The van der Waals surface area contributed by atoms with E-state index in [1.54, 1.807) is 0 Å². The molecule has 1 saturated heterocycles. The highest BCUT2D eigenvalue weighted by Crippen LogP contribution is 2.39. The van der Waals surface area contributed by atoms with Crippen LogP contribution >= 0.6 is 12.2 Å². The molecule has 0 bridgehead atoms. The molecule has 1 saturated carbocycles. The van der Waals surface area contributed by atoms with Crippen LogP contribution in [0.4, 0.5) is 0 Å². The number of rotatable bonds is 2. The maximum atomic E-state index is 5.52. The molecule has 2 aromatic carbocycles. The average Bonchev–Trinajstić information content (AvgIpc) is 2.63. The summed E-state index contributed by atoms with van der Waals surface area (Å²) in [5, 5.41) is 7.82. The summed E-state index contributed by atoms with van der Waals surface area (Å²) in [6, 6.07) is 21.9. The SMILES string of the molecule is S=C1N[C@H](c2ccccc2)[C@H]2CCC/C(=C\c3ccccc3)[C@@H]2N1. The lowest BCUT2D eigenvalue weighted by atomic mass is 9.73. The van der Waals surface area contributed by atoms with Gasteiger partial charge in [0.25, 0.3) is 0 Å². The molecule has 1 aliphatic heterocycles. The summed E-state index contributed by atoms with van der Waals surface area (Å²) in [7, 11) is 0. The summed E-state index contributed by atoms with van der Waals surface area (Å²) in [4.78, 5) is 0. The molecule has 0 spiro atoms. The Morgan fingerprint density at radius 3 is 2.29 bits per heavy atom. The molecule has 122 valence electrons. The molecule has 0 aromatic heterocycles. The molecule has 0 unspecified atom stereocenters. The number of benzene rings is 2. The smallest absolute Gasteiger partial charge is 0.167 e. The third-order valence-corrected chi connectivity index (χ3v) is 5.38. The van der Waals surface area contributed by atoms with Gasteiger partial charge in [-0.1, -0.05) is 66.7 Å². The van der Waals surface area contributed by atoms with Gasteiger partial charge in [0.15, 0.2) is 5.11 Å². The van der Waals surface area contributed by atoms with Crippen molar-refractivity contribution in [1.82, 2.24) is 10.6 Å². The van der Waals surface area contributed by atoms with Crippen LogP contribution in [0.5, 0.6) is 0 Å². The van der Waals surface area contributed by atoms with E-state index < -0.39 is 0 Å². The first-order chi connectivity index (χ1) is 11.8. The zero-order chi connectivity index (χ0) is 16.4. The summed E-state index contributed by atoms with van der Waals surface area (Å²) in [6.07, 6.45) is 5.95. The van der Waals surface area contributed by atoms with Gasteiger partial charge in [0.05, 0.1) is 12.1 Å². The maximum absolute atomic E-state index is 5.52. The Bertz CT molecular complexity index is 739. The van der Waals surface area contributed by atoms with Crippen molar-refractivity contribution in [2.75, 3.05) is 0 Å². The first-order valence-corrected chi connectivity index (χ1v) is 9.09. The Hall–Kier alpha value is -2.13. The highest BCUT2D eigenvalue weighted by Gasteiger charge is 2.39. The summed E-state index contributed by atoms with van der Waals surface area (Å²) >= 11 is 5.52. The normalized spacial score (nSPS) is 27.9. The van der Waals surface area contributed by atoms with Crippen LogP contribution in [0.2, 0.25) is 0 Å². The fraction of sp³-hybridized carbons (Fsp3) is 0.286. The van der Waals surface area contributed by atoms with E-state index in [0.717, 1.165) is 11.5 Å². The number of nitrogens with one attached hydrogen (secondary N) is 2. The molecule has 3 atom stereocenters. The predicted octanol–water partition coefficient (Wildman–Crippen LogP) is 4.46. The van der Waals surface area contributed by atoms with Gasteiger partial charge in [-0.3, -0.25) is 0 Å². The quantitative estimate of drug-likeness (QED) is 0.793. The Morgan fingerprint density at radius 2 is 1.54 bits per heavy atom. The second kappa shape index (κ2) is 6.78. The number of thiocarbonyl (C=S) groups is 1. The molecule has 2 aliphatic rings. The Labute approximate surface area is 149 Å². The molecule has 2 fully saturated rings. The first kappa shape index (κ1) is 15.4. The van der Waals surface area contributed by atoms with Crippen molar-refractivity contribution in [3.8, 4) is 0 Å². The standard InChI is InChI=1S/C21H22N2S/c24-21-22-19(16-10-5-2-6-11-16)18-13-7-12-17(20(18)23-21)14-15-8-3-1-4-9-15/h1-6,8-11,14,18-20H,7,12-13H2,(H2,22,23,24)/b17-14+/t18-,19-,20+/m1/s1. The van der Waals surface area contributed by atoms with E-state index in [0.29, 0.717) is 18.0 Å². The van der Waals surface area contributed by atoms with Crippen LogP contribution in [-0.4, -0.2) is 11.2 Å². The van der Waals surface area contributed by atoms with E-state index >= 15 is 0 Å². The minimum absolute atomic E-state index is 0.296. The van der Waals surface area contributed by atoms with Crippen molar-refractivity contribution >= 4 is 23.4 Å². The molecule has 1 aliphatic carbocycles. The van der Waals surface area contributed by atoms with E-state index in [-0.39, 0.29) is 0 Å². The van der Waals surface area contributed by atoms with Gasteiger partial charge < -0.3 is 10.6 Å². The molecule has 2 nitrogen and oxygen atoms in total. The van der Waals surface area contributed by atoms with Crippen LogP contribution in [0.3, 0.4) is 0 Å². The average molecular weight is 334 g/mol. The van der Waals surface area contributed by atoms with Crippen LogP contribution in [0.1, 0.15) is 36.4 Å². The Kier molecular flexibility index (Phi) is 4.35. The van der Waals surface area contributed by atoms with E-state index in [1.807, 2.05) is 0 Å². The molecule has 24 heavy (non-hydrogen) atoms. The van der Waals surface area contributed by atoms with Crippen LogP contribution in [-0.2, 0) is 0 Å². The first-order valence-electron chi connectivity index (χ1n) is 8.69. The van der Waals surface area contributed by atoms with Crippen LogP contribution in [0.15, 0.2) is 66.2 Å². The molecule has 0 amide bonds. The molecular formula is C21H22N2S. The maximum Gasteiger partial charge on any atom is 0.167 e. The third-order valence-electron chi connectivity index (χ3n) is 5.14. The highest BCUT2D eigenvalue weighted by molar-refractivity contribution is 7.80.